The van der Waals surface area contributed by atoms with Crippen molar-refractivity contribution in [2.75, 3.05) is 5.32 Å². The van der Waals surface area contributed by atoms with Gasteiger partial charge in [-0.25, -0.2) is 0 Å². The molecule has 2 nitrogen and oxygen atoms in total. The molecule has 4 heteroatoms. The zero-order chi connectivity index (χ0) is 12.3. The van der Waals surface area contributed by atoms with Gasteiger partial charge in [0.15, 0.2) is 0 Å². The maximum absolute atomic E-state index is 9.01. The second-order valence-corrected chi connectivity index (χ2v) is 5.96. The van der Waals surface area contributed by atoms with Crippen LogP contribution in [0.3, 0.4) is 0 Å². The van der Waals surface area contributed by atoms with Crippen LogP contribution in [0.1, 0.15) is 15.3 Å². The highest BCUT2D eigenvalue weighted by atomic mass is 79.9. The maximum Gasteiger partial charge on any atom is 0.101 e. The predicted octanol–water partition coefficient (Wildman–Crippen LogP) is 4.30. The fourth-order valence-corrected chi connectivity index (χ4v) is 2.71. The van der Waals surface area contributed by atoms with Gasteiger partial charge in [0, 0.05) is 20.8 Å². The van der Waals surface area contributed by atoms with E-state index in [1.807, 2.05) is 18.2 Å². The Morgan fingerprint density at radius 1 is 1.35 bits per heavy atom. The molecule has 86 valence electrons. The van der Waals surface area contributed by atoms with E-state index >= 15 is 0 Å². The third-order valence-corrected chi connectivity index (χ3v) is 3.85. The lowest BCUT2D eigenvalue weighted by Crippen LogP contribution is -1.99. The van der Waals surface area contributed by atoms with Crippen LogP contribution in [-0.4, -0.2) is 0 Å². The summed E-state index contributed by atoms with van der Waals surface area (Å²) in [4.78, 5) is 2.57. The van der Waals surface area contributed by atoms with E-state index in [4.69, 9.17) is 5.26 Å². The molecule has 1 aromatic heterocycles. The molecule has 0 fully saturated rings. The molecule has 0 aliphatic rings. The first-order chi connectivity index (χ1) is 8.19. The lowest BCUT2D eigenvalue weighted by atomic mass is 10.2. The smallest absolute Gasteiger partial charge is 0.101 e. The van der Waals surface area contributed by atoms with Crippen LogP contribution in [0, 0.1) is 18.3 Å². The maximum atomic E-state index is 9.01. The van der Waals surface area contributed by atoms with Crippen molar-refractivity contribution in [1.82, 2.24) is 0 Å². The first kappa shape index (κ1) is 12.2. The Hall–Kier alpha value is -1.31. The molecule has 0 aliphatic heterocycles. The Morgan fingerprint density at radius 3 is 2.82 bits per heavy atom. The lowest BCUT2D eigenvalue weighted by Gasteiger charge is -2.07. The van der Waals surface area contributed by atoms with Crippen LogP contribution in [0.25, 0.3) is 0 Å². The van der Waals surface area contributed by atoms with Crippen LogP contribution >= 0.6 is 27.3 Å². The Balaban J connectivity index is 2.13. The van der Waals surface area contributed by atoms with Crippen LogP contribution in [-0.2, 0) is 6.54 Å². The van der Waals surface area contributed by atoms with Gasteiger partial charge in [0.1, 0.15) is 6.07 Å². The molecule has 0 saturated heterocycles. The van der Waals surface area contributed by atoms with Crippen molar-refractivity contribution in [2.45, 2.75) is 13.5 Å². The number of nitriles is 1. The van der Waals surface area contributed by atoms with Gasteiger partial charge >= 0.3 is 0 Å². The van der Waals surface area contributed by atoms with Gasteiger partial charge in [-0.1, -0.05) is 15.9 Å². The van der Waals surface area contributed by atoms with Crippen molar-refractivity contribution >= 4 is 33.0 Å². The molecule has 1 heterocycles. The average Bonchev–Trinajstić information content (AvgIpc) is 2.73. The Bertz CT molecular complexity index is 569. The third kappa shape index (κ3) is 3.09. The monoisotopic (exact) mass is 306 g/mol. The van der Waals surface area contributed by atoms with E-state index in [2.05, 4.69) is 46.4 Å². The third-order valence-electron chi connectivity index (χ3n) is 2.35. The van der Waals surface area contributed by atoms with E-state index in [9.17, 15) is 0 Å². The molecule has 17 heavy (non-hydrogen) atoms. The van der Waals surface area contributed by atoms with Crippen LogP contribution in [0.5, 0.6) is 0 Å². The summed E-state index contributed by atoms with van der Waals surface area (Å²) >= 11 is 5.18. The summed E-state index contributed by atoms with van der Waals surface area (Å²) in [5.74, 6) is 0. The molecule has 0 bridgehead atoms. The van der Waals surface area contributed by atoms with Gasteiger partial charge in [0.05, 0.1) is 11.3 Å². The summed E-state index contributed by atoms with van der Waals surface area (Å²) < 4.78 is 0.973. The number of hydrogen-bond donors (Lipinski definition) is 1. The number of anilines is 1. The van der Waals surface area contributed by atoms with Crippen LogP contribution < -0.4 is 5.32 Å². The van der Waals surface area contributed by atoms with Crippen molar-refractivity contribution in [2.24, 2.45) is 0 Å². The zero-order valence-corrected chi connectivity index (χ0v) is 11.7. The number of nitrogens with one attached hydrogen (secondary N) is 1. The predicted molar refractivity (Wildman–Crippen MR) is 75.2 cm³/mol. The number of aryl methyl sites for hydroxylation is 1. The van der Waals surface area contributed by atoms with E-state index in [1.54, 1.807) is 11.3 Å². The zero-order valence-electron chi connectivity index (χ0n) is 9.33. The van der Waals surface area contributed by atoms with Crippen molar-refractivity contribution < 1.29 is 0 Å². The van der Waals surface area contributed by atoms with Gasteiger partial charge in [-0.3, -0.25) is 0 Å². The van der Waals surface area contributed by atoms with E-state index < -0.39 is 0 Å². The van der Waals surface area contributed by atoms with Crippen molar-refractivity contribution in [3.8, 4) is 6.07 Å². The first-order valence-corrected chi connectivity index (χ1v) is 6.79. The number of rotatable bonds is 3. The molecule has 0 radical (unpaired) electrons. The minimum absolute atomic E-state index is 0.668. The highest BCUT2D eigenvalue weighted by molar-refractivity contribution is 9.10. The van der Waals surface area contributed by atoms with E-state index in [0.717, 1.165) is 16.7 Å². The molecule has 0 saturated carbocycles. The molecule has 0 spiro atoms. The number of halogens is 1. The highest BCUT2D eigenvalue weighted by Crippen LogP contribution is 2.22. The van der Waals surface area contributed by atoms with Crippen LogP contribution in [0.2, 0.25) is 0 Å². The number of hydrogen-bond acceptors (Lipinski definition) is 3. The van der Waals surface area contributed by atoms with E-state index in [1.165, 1.54) is 9.75 Å². The van der Waals surface area contributed by atoms with Crippen molar-refractivity contribution in [1.29, 1.82) is 5.26 Å². The van der Waals surface area contributed by atoms with Crippen LogP contribution in [0.4, 0.5) is 5.69 Å². The molecule has 1 N–H and O–H groups in total. The molecular formula is C13H11BrN2S. The second kappa shape index (κ2) is 5.35. The molecule has 2 rings (SSSR count). The van der Waals surface area contributed by atoms with Gasteiger partial charge in [-0.15, -0.1) is 11.3 Å². The second-order valence-electron chi connectivity index (χ2n) is 3.67. The largest absolute Gasteiger partial charge is 0.379 e. The van der Waals surface area contributed by atoms with Gasteiger partial charge in [-0.05, 0) is 37.3 Å². The molecule has 0 amide bonds. The average molecular weight is 307 g/mol. The minimum atomic E-state index is 0.668. The van der Waals surface area contributed by atoms with Gasteiger partial charge in [0.2, 0.25) is 0 Å². The number of nitrogens with zero attached hydrogens (tertiary/aromatic N) is 1. The summed E-state index contributed by atoms with van der Waals surface area (Å²) in [6.07, 6.45) is 0. The Labute approximate surface area is 113 Å². The van der Waals surface area contributed by atoms with Gasteiger partial charge in [-0.2, -0.15) is 5.26 Å². The fourth-order valence-electron chi connectivity index (χ4n) is 1.52. The molecular weight excluding hydrogens is 296 g/mol. The summed E-state index contributed by atoms with van der Waals surface area (Å²) in [5, 5.41) is 12.3. The standard InChI is InChI=1S/C13H11BrN2S/c1-9-2-5-12(17-9)8-16-13-6-11(14)4-3-10(13)7-15/h2-6,16H,8H2,1H3. The Morgan fingerprint density at radius 2 is 2.18 bits per heavy atom. The molecule has 0 atom stereocenters. The summed E-state index contributed by atoms with van der Waals surface area (Å²) in [5.41, 5.74) is 1.54. The lowest BCUT2D eigenvalue weighted by molar-refractivity contribution is 1.19. The van der Waals surface area contributed by atoms with Crippen LogP contribution in [0.15, 0.2) is 34.8 Å². The Kier molecular flexibility index (Phi) is 3.82. The summed E-state index contributed by atoms with van der Waals surface area (Å²) in [6.45, 7) is 2.84. The van der Waals surface area contributed by atoms with E-state index in [-0.39, 0.29) is 0 Å². The molecule has 2 aromatic rings. The summed E-state index contributed by atoms with van der Waals surface area (Å²) in [6, 6.07) is 12.0. The molecule has 0 unspecified atom stereocenters. The quantitative estimate of drug-likeness (QED) is 0.917. The molecule has 0 aliphatic carbocycles. The number of thiophene rings is 1. The topological polar surface area (TPSA) is 35.8 Å². The first-order valence-electron chi connectivity index (χ1n) is 5.18. The van der Waals surface area contributed by atoms with Crippen molar-refractivity contribution in [3.63, 3.8) is 0 Å². The fraction of sp³-hybridized carbons (Fsp3) is 0.154. The highest BCUT2D eigenvalue weighted by Gasteiger charge is 2.03. The summed E-state index contributed by atoms with van der Waals surface area (Å²) in [7, 11) is 0. The number of benzene rings is 1. The molecule has 1 aromatic carbocycles. The van der Waals surface area contributed by atoms with Crippen molar-refractivity contribution in [3.05, 3.63) is 50.1 Å². The van der Waals surface area contributed by atoms with E-state index in [0.29, 0.717) is 5.56 Å². The van der Waals surface area contributed by atoms with Gasteiger partial charge in [0.25, 0.3) is 0 Å². The normalized spacial score (nSPS) is 9.94. The SMILES string of the molecule is Cc1ccc(CNc2cc(Br)ccc2C#N)s1. The minimum Gasteiger partial charge on any atom is -0.379 e. The van der Waals surface area contributed by atoms with Gasteiger partial charge < -0.3 is 5.32 Å².